The summed E-state index contributed by atoms with van der Waals surface area (Å²) in [5, 5.41) is 20.2. The zero-order valence-corrected chi connectivity index (χ0v) is 8.84. The molecule has 0 aliphatic rings. The number of hydrogen-bond donors (Lipinski definition) is 2. The van der Waals surface area contributed by atoms with Gasteiger partial charge in [-0.15, -0.1) is 0 Å². The molecule has 0 aromatic carbocycles. The summed E-state index contributed by atoms with van der Waals surface area (Å²) in [5.41, 5.74) is 0.252. The number of aromatic nitrogens is 2. The van der Waals surface area contributed by atoms with Crippen molar-refractivity contribution in [1.82, 2.24) is 9.97 Å². The highest BCUT2D eigenvalue weighted by Gasteiger charge is 2.12. The molecular weight excluding hydrogens is 208 g/mol. The SMILES string of the molecule is CCC(CC(=O)O)Nc1nccc(C#N)n1. The number of nitriles is 1. The Balaban J connectivity index is 2.70. The molecule has 1 unspecified atom stereocenters. The highest BCUT2D eigenvalue weighted by Crippen LogP contribution is 2.06. The topological polar surface area (TPSA) is 98.9 Å². The maximum absolute atomic E-state index is 10.5. The number of hydrogen-bond acceptors (Lipinski definition) is 5. The lowest BCUT2D eigenvalue weighted by Gasteiger charge is -2.14. The minimum absolute atomic E-state index is 0.00333. The third kappa shape index (κ3) is 3.53. The standard InChI is InChI=1S/C10H12N4O2/c1-2-7(5-9(15)16)13-10-12-4-3-8(6-11)14-10/h3-4,7H,2,5H2,1H3,(H,15,16)(H,12,13,14). The van der Waals surface area contributed by atoms with E-state index in [0.29, 0.717) is 6.42 Å². The van der Waals surface area contributed by atoms with Crippen LogP contribution in [0.15, 0.2) is 12.3 Å². The summed E-state index contributed by atoms with van der Waals surface area (Å²) in [6.45, 7) is 1.87. The Morgan fingerprint density at radius 2 is 2.50 bits per heavy atom. The van der Waals surface area contributed by atoms with Gasteiger partial charge in [0.1, 0.15) is 11.8 Å². The molecule has 0 saturated carbocycles. The van der Waals surface area contributed by atoms with Gasteiger partial charge in [-0.3, -0.25) is 4.79 Å². The summed E-state index contributed by atoms with van der Waals surface area (Å²) in [4.78, 5) is 18.4. The Kier molecular flexibility index (Phi) is 4.21. The molecule has 84 valence electrons. The maximum Gasteiger partial charge on any atom is 0.305 e. The molecule has 6 nitrogen and oxygen atoms in total. The number of carbonyl (C=O) groups is 1. The number of nitrogens with zero attached hydrogens (tertiary/aromatic N) is 3. The van der Waals surface area contributed by atoms with Gasteiger partial charge in [0.2, 0.25) is 5.95 Å². The number of anilines is 1. The predicted molar refractivity (Wildman–Crippen MR) is 56.7 cm³/mol. The lowest BCUT2D eigenvalue weighted by Crippen LogP contribution is -2.23. The summed E-state index contributed by atoms with van der Waals surface area (Å²) in [7, 11) is 0. The largest absolute Gasteiger partial charge is 0.481 e. The van der Waals surface area contributed by atoms with E-state index in [0.717, 1.165) is 0 Å². The van der Waals surface area contributed by atoms with Crippen LogP contribution in [-0.4, -0.2) is 27.1 Å². The van der Waals surface area contributed by atoms with Gasteiger partial charge in [-0.2, -0.15) is 5.26 Å². The van der Waals surface area contributed by atoms with Gasteiger partial charge < -0.3 is 10.4 Å². The van der Waals surface area contributed by atoms with Crippen molar-refractivity contribution >= 4 is 11.9 Å². The van der Waals surface area contributed by atoms with Crippen LogP contribution >= 0.6 is 0 Å². The van der Waals surface area contributed by atoms with E-state index in [-0.39, 0.29) is 24.1 Å². The minimum atomic E-state index is -0.879. The average molecular weight is 220 g/mol. The molecule has 0 fully saturated rings. The molecule has 0 radical (unpaired) electrons. The number of aliphatic carboxylic acids is 1. The van der Waals surface area contributed by atoms with Crippen molar-refractivity contribution in [1.29, 1.82) is 5.26 Å². The van der Waals surface area contributed by atoms with Crippen molar-refractivity contribution < 1.29 is 9.90 Å². The zero-order valence-electron chi connectivity index (χ0n) is 8.84. The van der Waals surface area contributed by atoms with Crippen molar-refractivity contribution in [2.75, 3.05) is 5.32 Å². The van der Waals surface area contributed by atoms with Gasteiger partial charge in [-0.05, 0) is 12.5 Å². The van der Waals surface area contributed by atoms with Gasteiger partial charge in [0.15, 0.2) is 0 Å². The van der Waals surface area contributed by atoms with Crippen LogP contribution in [0.5, 0.6) is 0 Å². The normalized spacial score (nSPS) is 11.5. The van der Waals surface area contributed by atoms with Crippen molar-refractivity contribution in [2.45, 2.75) is 25.8 Å². The van der Waals surface area contributed by atoms with E-state index >= 15 is 0 Å². The summed E-state index contributed by atoms with van der Waals surface area (Å²) in [6.07, 6.45) is 2.10. The second kappa shape index (κ2) is 5.66. The van der Waals surface area contributed by atoms with E-state index in [1.54, 1.807) is 0 Å². The first-order valence-electron chi connectivity index (χ1n) is 4.87. The molecule has 0 saturated heterocycles. The summed E-state index contributed by atoms with van der Waals surface area (Å²) in [5.74, 6) is -0.595. The molecule has 0 amide bonds. The molecule has 0 aliphatic carbocycles. The van der Waals surface area contributed by atoms with E-state index in [9.17, 15) is 4.79 Å². The highest BCUT2D eigenvalue weighted by molar-refractivity contribution is 5.68. The Labute approximate surface area is 93.0 Å². The molecule has 0 aliphatic heterocycles. The zero-order chi connectivity index (χ0) is 12.0. The Morgan fingerprint density at radius 3 is 3.06 bits per heavy atom. The van der Waals surface area contributed by atoms with E-state index < -0.39 is 5.97 Å². The second-order valence-corrected chi connectivity index (χ2v) is 3.22. The van der Waals surface area contributed by atoms with Crippen molar-refractivity contribution in [3.63, 3.8) is 0 Å². The molecule has 2 N–H and O–H groups in total. The molecule has 0 bridgehead atoms. The Morgan fingerprint density at radius 1 is 1.75 bits per heavy atom. The molecular formula is C10H12N4O2. The minimum Gasteiger partial charge on any atom is -0.481 e. The average Bonchev–Trinajstić information content (AvgIpc) is 2.28. The fourth-order valence-corrected chi connectivity index (χ4v) is 1.18. The van der Waals surface area contributed by atoms with E-state index in [4.69, 9.17) is 10.4 Å². The van der Waals surface area contributed by atoms with Crippen molar-refractivity contribution in [2.24, 2.45) is 0 Å². The number of rotatable bonds is 5. The van der Waals surface area contributed by atoms with Crippen LogP contribution in [0.25, 0.3) is 0 Å². The first-order chi connectivity index (χ1) is 7.65. The smallest absolute Gasteiger partial charge is 0.305 e. The van der Waals surface area contributed by atoms with Crippen LogP contribution in [0, 0.1) is 11.3 Å². The van der Waals surface area contributed by atoms with Crippen LogP contribution in [0.3, 0.4) is 0 Å². The van der Waals surface area contributed by atoms with Crippen LogP contribution in [0.2, 0.25) is 0 Å². The van der Waals surface area contributed by atoms with Gasteiger partial charge in [-0.1, -0.05) is 6.92 Å². The lowest BCUT2D eigenvalue weighted by atomic mass is 10.1. The summed E-state index contributed by atoms with van der Waals surface area (Å²) in [6, 6.07) is 3.15. The van der Waals surface area contributed by atoms with Crippen molar-refractivity contribution in [3.05, 3.63) is 18.0 Å². The molecule has 1 aromatic heterocycles. The van der Waals surface area contributed by atoms with Crippen LogP contribution in [0.1, 0.15) is 25.5 Å². The summed E-state index contributed by atoms with van der Waals surface area (Å²) < 4.78 is 0. The first-order valence-corrected chi connectivity index (χ1v) is 4.87. The number of nitrogens with one attached hydrogen (secondary N) is 1. The predicted octanol–water partition coefficient (Wildman–Crippen LogP) is 1.01. The Bertz CT molecular complexity index is 414. The van der Waals surface area contributed by atoms with Gasteiger partial charge in [0, 0.05) is 12.2 Å². The third-order valence-electron chi connectivity index (χ3n) is 2.02. The van der Waals surface area contributed by atoms with Crippen molar-refractivity contribution in [3.8, 4) is 6.07 Å². The fourth-order valence-electron chi connectivity index (χ4n) is 1.18. The molecule has 1 heterocycles. The maximum atomic E-state index is 10.5. The van der Waals surface area contributed by atoms with E-state index in [2.05, 4.69) is 15.3 Å². The van der Waals surface area contributed by atoms with Gasteiger partial charge >= 0.3 is 5.97 Å². The van der Waals surface area contributed by atoms with Gasteiger partial charge in [0.05, 0.1) is 6.42 Å². The van der Waals surface area contributed by atoms with Gasteiger partial charge in [0.25, 0.3) is 0 Å². The number of carboxylic acids is 1. The molecule has 1 rings (SSSR count). The lowest BCUT2D eigenvalue weighted by molar-refractivity contribution is -0.137. The monoisotopic (exact) mass is 220 g/mol. The van der Waals surface area contributed by atoms with E-state index in [1.807, 2.05) is 13.0 Å². The molecule has 1 aromatic rings. The van der Waals surface area contributed by atoms with E-state index in [1.165, 1.54) is 12.3 Å². The fraction of sp³-hybridized carbons (Fsp3) is 0.400. The third-order valence-corrected chi connectivity index (χ3v) is 2.02. The van der Waals surface area contributed by atoms with Crippen LogP contribution < -0.4 is 5.32 Å². The first kappa shape index (κ1) is 11.9. The van der Waals surface area contributed by atoms with Gasteiger partial charge in [-0.25, -0.2) is 9.97 Å². The quantitative estimate of drug-likeness (QED) is 0.768. The highest BCUT2D eigenvalue weighted by atomic mass is 16.4. The number of carboxylic acid groups (broad SMARTS) is 1. The molecule has 16 heavy (non-hydrogen) atoms. The summed E-state index contributed by atoms with van der Waals surface area (Å²) >= 11 is 0. The Hall–Kier alpha value is -2.16. The molecule has 6 heteroatoms. The van der Waals surface area contributed by atoms with Crippen LogP contribution in [0.4, 0.5) is 5.95 Å². The molecule has 1 atom stereocenters. The second-order valence-electron chi connectivity index (χ2n) is 3.22. The van der Waals surface area contributed by atoms with Crippen LogP contribution in [-0.2, 0) is 4.79 Å². The molecule has 0 spiro atoms.